The number of carboxylic acid groups (broad SMARTS) is 1. The lowest BCUT2D eigenvalue weighted by atomic mass is 9.98. The molecule has 172 valence electrons. The molecule has 0 spiro atoms. The van der Waals surface area contributed by atoms with Crippen LogP contribution in [0.3, 0.4) is 0 Å². The lowest BCUT2D eigenvalue weighted by Crippen LogP contribution is -2.54. The first-order chi connectivity index (χ1) is 15.7. The molecule has 2 aromatic rings. The third-order valence-corrected chi connectivity index (χ3v) is 5.28. The molecule has 9 nitrogen and oxygen atoms in total. The minimum absolute atomic E-state index is 0.194. The van der Waals surface area contributed by atoms with E-state index in [1.165, 1.54) is 31.4 Å². The number of nitrogens with one attached hydrogen (secondary N) is 1. The van der Waals surface area contributed by atoms with E-state index in [4.69, 9.17) is 14.6 Å². The molecule has 2 N–H and O–H groups in total. The summed E-state index contributed by atoms with van der Waals surface area (Å²) in [5, 5.41) is 11.0. The number of hydrogen-bond donors (Lipinski definition) is 2. The van der Waals surface area contributed by atoms with Gasteiger partial charge in [0.15, 0.2) is 18.1 Å². The van der Waals surface area contributed by atoms with Gasteiger partial charge in [-0.3, -0.25) is 14.9 Å². The average Bonchev–Trinajstić information content (AvgIpc) is 2.80. The number of carbonyl (C=O) groups excluding carboxylic acids is 3. The smallest absolute Gasteiger partial charge is 0.341 e. The van der Waals surface area contributed by atoms with E-state index in [0.717, 1.165) is 16.9 Å². The minimum atomic E-state index is -1.14. The topological polar surface area (TPSA) is 122 Å². The molecule has 1 atom stereocenters. The lowest BCUT2D eigenvalue weighted by Gasteiger charge is -2.26. The lowest BCUT2D eigenvalue weighted by molar-refractivity contribution is -0.139. The first-order valence-corrected chi connectivity index (χ1v) is 10.3. The predicted molar refractivity (Wildman–Crippen MR) is 120 cm³/mol. The Morgan fingerprint density at radius 1 is 1.12 bits per heavy atom. The average molecular weight is 452 g/mol. The SMILES string of the molecule is CCC(C)c1ccc(N2C(=O)NC(=O)C(=Cc3ccc(OCC(=O)O)c(OC)c3)C2=O)cc1. The van der Waals surface area contributed by atoms with Crippen LogP contribution < -0.4 is 19.7 Å². The Kier molecular flexibility index (Phi) is 7.12. The number of nitrogens with zero attached hydrogens (tertiary/aromatic N) is 1. The number of imide groups is 2. The van der Waals surface area contributed by atoms with Crippen LogP contribution in [0.15, 0.2) is 48.0 Å². The molecule has 0 radical (unpaired) electrons. The molecule has 4 amide bonds. The second-order valence-corrected chi connectivity index (χ2v) is 7.45. The van der Waals surface area contributed by atoms with Gasteiger partial charge in [-0.1, -0.05) is 32.0 Å². The first-order valence-electron chi connectivity index (χ1n) is 10.3. The molecule has 1 aliphatic rings. The molecular formula is C24H24N2O7. The number of hydrogen-bond acceptors (Lipinski definition) is 6. The van der Waals surface area contributed by atoms with Gasteiger partial charge in [0.2, 0.25) is 0 Å². The van der Waals surface area contributed by atoms with Gasteiger partial charge in [0.25, 0.3) is 11.8 Å². The van der Waals surface area contributed by atoms with Crippen molar-refractivity contribution >= 4 is 35.6 Å². The Bertz CT molecular complexity index is 1120. The van der Waals surface area contributed by atoms with Crippen LogP contribution >= 0.6 is 0 Å². The molecule has 0 aromatic heterocycles. The van der Waals surface area contributed by atoms with Crippen LogP contribution in [-0.2, 0) is 14.4 Å². The van der Waals surface area contributed by atoms with Crippen molar-refractivity contribution in [1.29, 1.82) is 0 Å². The summed E-state index contributed by atoms with van der Waals surface area (Å²) in [6, 6.07) is 10.7. The van der Waals surface area contributed by atoms with Gasteiger partial charge in [-0.05, 0) is 53.8 Å². The number of carbonyl (C=O) groups is 4. The summed E-state index contributed by atoms with van der Waals surface area (Å²) >= 11 is 0. The van der Waals surface area contributed by atoms with Crippen molar-refractivity contribution in [3.05, 3.63) is 59.2 Å². The summed E-state index contributed by atoms with van der Waals surface area (Å²) in [7, 11) is 1.38. The van der Waals surface area contributed by atoms with E-state index >= 15 is 0 Å². The third-order valence-electron chi connectivity index (χ3n) is 5.28. The van der Waals surface area contributed by atoms with Crippen molar-refractivity contribution in [2.24, 2.45) is 0 Å². The van der Waals surface area contributed by atoms with Crippen LogP contribution in [0.4, 0.5) is 10.5 Å². The minimum Gasteiger partial charge on any atom is -0.493 e. The van der Waals surface area contributed by atoms with Crippen LogP contribution in [0.1, 0.15) is 37.3 Å². The number of ether oxygens (including phenoxy) is 2. The van der Waals surface area contributed by atoms with Crippen LogP contribution in [0, 0.1) is 0 Å². The predicted octanol–water partition coefficient (Wildman–Crippen LogP) is 3.34. The van der Waals surface area contributed by atoms with E-state index in [1.54, 1.807) is 12.1 Å². The highest BCUT2D eigenvalue weighted by molar-refractivity contribution is 6.39. The van der Waals surface area contributed by atoms with Crippen LogP contribution in [0.5, 0.6) is 11.5 Å². The molecule has 1 saturated heterocycles. The normalized spacial score (nSPS) is 15.9. The highest BCUT2D eigenvalue weighted by Gasteiger charge is 2.36. The number of methoxy groups -OCH3 is 1. The molecule has 2 aromatic carbocycles. The number of anilines is 1. The molecule has 0 aliphatic carbocycles. The summed E-state index contributed by atoms with van der Waals surface area (Å²) in [5.41, 5.74) is 1.62. The van der Waals surface area contributed by atoms with Crippen LogP contribution in [-0.4, -0.2) is 42.6 Å². The fraction of sp³-hybridized carbons (Fsp3) is 0.250. The Balaban J connectivity index is 1.91. The fourth-order valence-electron chi connectivity index (χ4n) is 3.28. The van der Waals surface area contributed by atoms with E-state index in [9.17, 15) is 19.2 Å². The number of aliphatic carboxylic acids is 1. The second-order valence-electron chi connectivity index (χ2n) is 7.45. The maximum absolute atomic E-state index is 13.1. The molecule has 33 heavy (non-hydrogen) atoms. The molecule has 1 aliphatic heterocycles. The molecule has 0 bridgehead atoms. The molecule has 9 heteroatoms. The fourth-order valence-corrected chi connectivity index (χ4v) is 3.28. The third kappa shape index (κ3) is 5.20. The standard InChI is InChI=1S/C24H24N2O7/c1-4-14(2)16-6-8-17(9-7-16)26-23(30)18(22(29)25-24(26)31)11-15-5-10-19(20(12-15)32-3)33-13-21(27)28/h5-12,14H,4,13H2,1-3H3,(H,27,28)(H,25,29,31). The maximum atomic E-state index is 13.1. The Morgan fingerprint density at radius 3 is 2.42 bits per heavy atom. The van der Waals surface area contributed by atoms with E-state index in [1.807, 2.05) is 12.1 Å². The van der Waals surface area contributed by atoms with Gasteiger partial charge in [0.05, 0.1) is 12.8 Å². The summed E-state index contributed by atoms with van der Waals surface area (Å²) < 4.78 is 10.4. The van der Waals surface area contributed by atoms with Gasteiger partial charge in [0.1, 0.15) is 5.57 Å². The van der Waals surface area contributed by atoms with Crippen molar-refractivity contribution in [3.63, 3.8) is 0 Å². The Hall–Kier alpha value is -4.14. The Labute approximate surface area is 190 Å². The first kappa shape index (κ1) is 23.5. The molecular weight excluding hydrogens is 428 g/mol. The quantitative estimate of drug-likeness (QED) is 0.465. The van der Waals surface area contributed by atoms with Gasteiger partial charge in [-0.15, -0.1) is 0 Å². The summed E-state index contributed by atoms with van der Waals surface area (Å²) in [6.45, 7) is 3.60. The molecule has 1 heterocycles. The summed E-state index contributed by atoms with van der Waals surface area (Å²) in [5.74, 6) is -1.97. The van der Waals surface area contributed by atoms with Gasteiger partial charge < -0.3 is 14.6 Å². The molecule has 0 saturated carbocycles. The van der Waals surface area contributed by atoms with Crippen molar-refractivity contribution in [3.8, 4) is 11.5 Å². The zero-order valence-electron chi connectivity index (χ0n) is 18.5. The number of barbiturate groups is 1. The monoisotopic (exact) mass is 452 g/mol. The second kappa shape index (κ2) is 9.99. The highest BCUT2D eigenvalue weighted by Crippen LogP contribution is 2.30. The molecule has 1 fully saturated rings. The summed E-state index contributed by atoms with van der Waals surface area (Å²) in [6.07, 6.45) is 2.28. The molecule has 3 rings (SSSR count). The van der Waals surface area contributed by atoms with E-state index < -0.39 is 30.4 Å². The van der Waals surface area contributed by atoms with Crippen LogP contribution in [0.25, 0.3) is 6.08 Å². The van der Waals surface area contributed by atoms with E-state index in [2.05, 4.69) is 19.2 Å². The summed E-state index contributed by atoms with van der Waals surface area (Å²) in [4.78, 5) is 49.5. The van der Waals surface area contributed by atoms with Crippen molar-refractivity contribution in [2.45, 2.75) is 26.2 Å². The van der Waals surface area contributed by atoms with Crippen LogP contribution in [0.2, 0.25) is 0 Å². The van der Waals surface area contributed by atoms with Gasteiger partial charge in [-0.25, -0.2) is 14.5 Å². The van der Waals surface area contributed by atoms with Gasteiger partial charge in [-0.2, -0.15) is 0 Å². The zero-order chi connectivity index (χ0) is 24.1. The largest absolute Gasteiger partial charge is 0.493 e. The zero-order valence-corrected chi connectivity index (χ0v) is 18.5. The highest BCUT2D eigenvalue weighted by atomic mass is 16.5. The number of amides is 4. The van der Waals surface area contributed by atoms with E-state index in [-0.39, 0.29) is 17.1 Å². The number of rotatable bonds is 8. The Morgan fingerprint density at radius 2 is 1.82 bits per heavy atom. The number of benzene rings is 2. The number of urea groups is 1. The maximum Gasteiger partial charge on any atom is 0.341 e. The number of carboxylic acids is 1. The molecule has 1 unspecified atom stereocenters. The van der Waals surface area contributed by atoms with Crippen molar-refractivity contribution < 1.29 is 33.8 Å². The van der Waals surface area contributed by atoms with Crippen molar-refractivity contribution in [1.82, 2.24) is 5.32 Å². The van der Waals surface area contributed by atoms with Gasteiger partial charge in [0, 0.05) is 0 Å². The van der Waals surface area contributed by atoms with Crippen molar-refractivity contribution in [2.75, 3.05) is 18.6 Å². The van der Waals surface area contributed by atoms with Gasteiger partial charge >= 0.3 is 12.0 Å². The van der Waals surface area contributed by atoms with E-state index in [0.29, 0.717) is 17.2 Å².